The Bertz CT molecular complexity index is 489. The van der Waals surface area contributed by atoms with Gasteiger partial charge in [-0.15, -0.1) is 0 Å². The van der Waals surface area contributed by atoms with E-state index in [9.17, 15) is 0 Å². The summed E-state index contributed by atoms with van der Waals surface area (Å²) in [6.07, 6.45) is 1.47. The number of rotatable bonds is 2. The fourth-order valence-corrected chi connectivity index (χ4v) is 1.64. The second-order valence-electron chi connectivity index (χ2n) is 5.09. The Morgan fingerprint density at radius 1 is 1.29 bits per heavy atom. The van der Waals surface area contributed by atoms with Crippen molar-refractivity contribution in [2.75, 3.05) is 7.04 Å². The minimum absolute atomic E-state index is 0.00556. The van der Waals surface area contributed by atoms with Crippen LogP contribution in [-0.2, 0) is 9.31 Å². The molecule has 0 saturated carbocycles. The van der Waals surface area contributed by atoms with Gasteiger partial charge in [-0.05, 0) is 33.8 Å². The number of aromatic nitrogens is 1. The SMILES string of the molecule is [2H]C([2H])([2H])Oc1ncccc1B1OC(C)(C)C(C)(C)O1. The molecule has 2 rings (SSSR count). The maximum Gasteiger partial charge on any atom is 0.500 e. The minimum Gasteiger partial charge on any atom is -0.481 e. The van der Waals surface area contributed by atoms with E-state index < -0.39 is 25.4 Å². The number of hydrogen-bond donors (Lipinski definition) is 0. The molecule has 0 aromatic carbocycles. The first kappa shape index (κ1) is 8.94. The molecule has 1 aromatic heterocycles. The molecule has 0 amide bonds. The van der Waals surface area contributed by atoms with Crippen molar-refractivity contribution in [2.24, 2.45) is 0 Å². The molecule has 5 heteroatoms. The maximum absolute atomic E-state index is 7.18. The molecule has 2 heterocycles. The molecule has 0 radical (unpaired) electrons. The van der Waals surface area contributed by atoms with E-state index in [-0.39, 0.29) is 5.88 Å². The fourth-order valence-electron chi connectivity index (χ4n) is 1.64. The van der Waals surface area contributed by atoms with Crippen LogP contribution in [-0.4, -0.2) is 30.3 Å². The third-order valence-corrected chi connectivity index (χ3v) is 3.40. The molecule has 92 valence electrons. The molecule has 0 unspecified atom stereocenters. The van der Waals surface area contributed by atoms with Gasteiger partial charge in [-0.25, -0.2) is 4.98 Å². The van der Waals surface area contributed by atoms with E-state index in [0.29, 0.717) is 5.46 Å². The summed E-state index contributed by atoms with van der Waals surface area (Å²) >= 11 is 0. The number of hydrogen-bond acceptors (Lipinski definition) is 4. The molecule has 1 aromatic rings. The first-order valence-corrected chi connectivity index (χ1v) is 5.51. The fraction of sp³-hybridized carbons (Fsp3) is 0.583. The maximum atomic E-state index is 7.18. The van der Waals surface area contributed by atoms with Crippen molar-refractivity contribution in [1.29, 1.82) is 0 Å². The highest BCUT2D eigenvalue weighted by Gasteiger charge is 2.52. The molecule has 0 bridgehead atoms. The van der Waals surface area contributed by atoms with E-state index in [1.807, 2.05) is 27.7 Å². The predicted octanol–water partition coefficient (Wildman–Crippen LogP) is 1.39. The van der Waals surface area contributed by atoms with Crippen LogP contribution in [0.4, 0.5) is 0 Å². The van der Waals surface area contributed by atoms with E-state index in [2.05, 4.69) is 4.98 Å². The predicted molar refractivity (Wildman–Crippen MR) is 66.5 cm³/mol. The Kier molecular flexibility index (Phi) is 2.10. The summed E-state index contributed by atoms with van der Waals surface area (Å²) in [5.74, 6) is 0.00556. The normalized spacial score (nSPS) is 24.9. The van der Waals surface area contributed by atoms with Crippen LogP contribution in [0.25, 0.3) is 0 Å². The molecule has 0 N–H and O–H groups in total. The smallest absolute Gasteiger partial charge is 0.481 e. The van der Waals surface area contributed by atoms with Crippen molar-refractivity contribution in [2.45, 2.75) is 38.9 Å². The molecule has 17 heavy (non-hydrogen) atoms. The molecule has 1 saturated heterocycles. The number of ether oxygens (including phenoxy) is 1. The molecular weight excluding hydrogens is 217 g/mol. The third-order valence-electron chi connectivity index (χ3n) is 3.40. The van der Waals surface area contributed by atoms with E-state index in [0.717, 1.165) is 0 Å². The average molecular weight is 238 g/mol. The van der Waals surface area contributed by atoms with Crippen LogP contribution < -0.4 is 10.2 Å². The first-order valence-electron chi connectivity index (χ1n) is 7.01. The second-order valence-corrected chi connectivity index (χ2v) is 5.09. The van der Waals surface area contributed by atoms with Gasteiger partial charge in [-0.3, -0.25) is 0 Å². The van der Waals surface area contributed by atoms with Crippen LogP contribution >= 0.6 is 0 Å². The number of methoxy groups -OCH3 is 1. The van der Waals surface area contributed by atoms with Gasteiger partial charge in [0.15, 0.2) is 0 Å². The monoisotopic (exact) mass is 238 g/mol. The molecule has 4 nitrogen and oxygen atoms in total. The molecule has 0 atom stereocenters. The van der Waals surface area contributed by atoms with E-state index in [1.54, 1.807) is 12.1 Å². The van der Waals surface area contributed by atoms with Crippen LogP contribution in [0.2, 0.25) is 0 Å². The van der Waals surface area contributed by atoms with Crippen LogP contribution in [0.5, 0.6) is 5.88 Å². The lowest BCUT2D eigenvalue weighted by atomic mass is 9.80. The molecule has 1 aliphatic rings. The van der Waals surface area contributed by atoms with Crippen LogP contribution in [0, 0.1) is 0 Å². The zero-order valence-corrected chi connectivity index (χ0v) is 10.5. The van der Waals surface area contributed by atoms with Crippen molar-refractivity contribution in [3.8, 4) is 5.88 Å². The highest BCUT2D eigenvalue weighted by Crippen LogP contribution is 2.36. The molecular formula is C12H18BNO3. The Morgan fingerprint density at radius 3 is 2.53 bits per heavy atom. The van der Waals surface area contributed by atoms with Crippen molar-refractivity contribution in [3.05, 3.63) is 18.3 Å². The van der Waals surface area contributed by atoms with Gasteiger partial charge in [-0.1, -0.05) is 6.07 Å². The largest absolute Gasteiger partial charge is 0.500 e. The van der Waals surface area contributed by atoms with Gasteiger partial charge >= 0.3 is 7.12 Å². The van der Waals surface area contributed by atoms with Crippen molar-refractivity contribution < 1.29 is 18.2 Å². The van der Waals surface area contributed by atoms with Gasteiger partial charge in [-0.2, -0.15) is 0 Å². The zero-order valence-electron chi connectivity index (χ0n) is 13.5. The van der Waals surface area contributed by atoms with Crippen LogP contribution in [0.1, 0.15) is 31.8 Å². The number of pyridine rings is 1. The highest BCUT2D eigenvalue weighted by molar-refractivity contribution is 6.63. The van der Waals surface area contributed by atoms with Gasteiger partial charge in [0.1, 0.15) is 0 Å². The zero-order chi connectivity index (χ0) is 15.2. The average Bonchev–Trinajstić information content (AvgIpc) is 2.46. The topological polar surface area (TPSA) is 40.6 Å². The number of nitrogens with zero attached hydrogens (tertiary/aromatic N) is 1. The molecule has 0 aliphatic carbocycles. The van der Waals surface area contributed by atoms with Crippen molar-refractivity contribution >= 4 is 12.6 Å². The van der Waals surface area contributed by atoms with Crippen molar-refractivity contribution in [3.63, 3.8) is 0 Å². The van der Waals surface area contributed by atoms with Gasteiger partial charge in [0.25, 0.3) is 0 Å². The molecule has 1 aliphatic heterocycles. The summed E-state index contributed by atoms with van der Waals surface area (Å²) < 4.78 is 38.2. The first-order chi connectivity index (χ1) is 9.02. The minimum atomic E-state index is -2.56. The summed E-state index contributed by atoms with van der Waals surface area (Å²) in [4.78, 5) is 3.96. The lowest BCUT2D eigenvalue weighted by Crippen LogP contribution is -2.41. The van der Waals surface area contributed by atoms with Gasteiger partial charge in [0, 0.05) is 11.7 Å². The van der Waals surface area contributed by atoms with Crippen LogP contribution in [0.15, 0.2) is 18.3 Å². The van der Waals surface area contributed by atoms with E-state index in [1.165, 1.54) is 6.20 Å². The third kappa shape index (κ3) is 2.05. The Morgan fingerprint density at radius 2 is 1.94 bits per heavy atom. The van der Waals surface area contributed by atoms with Crippen LogP contribution in [0.3, 0.4) is 0 Å². The van der Waals surface area contributed by atoms with Gasteiger partial charge in [0.2, 0.25) is 5.88 Å². The summed E-state index contributed by atoms with van der Waals surface area (Å²) in [7, 11) is -3.27. The van der Waals surface area contributed by atoms with E-state index in [4.69, 9.17) is 18.2 Å². The lowest BCUT2D eigenvalue weighted by molar-refractivity contribution is 0.00578. The molecule has 0 spiro atoms. The second kappa shape index (κ2) is 4.00. The Hall–Kier alpha value is -1.07. The quantitative estimate of drug-likeness (QED) is 0.730. The van der Waals surface area contributed by atoms with Gasteiger partial charge < -0.3 is 14.0 Å². The van der Waals surface area contributed by atoms with Gasteiger partial charge in [0.05, 0.1) is 22.4 Å². The Balaban J connectivity index is 2.31. The summed E-state index contributed by atoms with van der Waals surface area (Å²) in [6.45, 7) is 7.70. The lowest BCUT2D eigenvalue weighted by Gasteiger charge is -2.32. The summed E-state index contributed by atoms with van der Waals surface area (Å²) in [6, 6.07) is 3.38. The standard InChI is InChI=1S/C12H18BNO3/c1-11(2)12(3,4)17-13(16-11)9-7-6-8-14-10(9)15-5/h6-8H,1-5H3/i5D3. The molecule has 1 fully saturated rings. The summed E-state index contributed by atoms with van der Waals surface area (Å²) in [5, 5.41) is 0. The van der Waals surface area contributed by atoms with Crippen molar-refractivity contribution in [1.82, 2.24) is 4.98 Å². The highest BCUT2D eigenvalue weighted by atomic mass is 16.7. The van der Waals surface area contributed by atoms with E-state index >= 15 is 0 Å². The Labute approximate surface area is 107 Å². The summed E-state index contributed by atoms with van der Waals surface area (Å²) in [5.41, 5.74) is -0.544.